The average Bonchev–Trinajstić information content (AvgIpc) is 3.05. The highest BCUT2D eigenvalue weighted by Gasteiger charge is 2.55. The summed E-state index contributed by atoms with van der Waals surface area (Å²) in [4.78, 5) is 0. The summed E-state index contributed by atoms with van der Waals surface area (Å²) in [5.41, 5.74) is 7.40. The molecule has 0 aliphatic heterocycles. The molecule has 0 saturated heterocycles. The number of rotatable bonds is 2. The van der Waals surface area contributed by atoms with Gasteiger partial charge in [0.1, 0.15) is 8.24 Å². The van der Waals surface area contributed by atoms with Crippen LogP contribution in [0.25, 0.3) is 5.57 Å². The van der Waals surface area contributed by atoms with Crippen LogP contribution >= 0.6 is 0 Å². The molecule has 4 atom stereocenters. The molecule has 3 aliphatic carbocycles. The van der Waals surface area contributed by atoms with E-state index >= 15 is 0 Å². The third kappa shape index (κ3) is 3.44. The van der Waals surface area contributed by atoms with Crippen LogP contribution in [0.1, 0.15) is 79.9 Å². The number of hydrogen-bond donors (Lipinski definition) is 0. The van der Waals surface area contributed by atoms with Crippen LogP contribution in [0.15, 0.2) is 42.0 Å². The first kappa shape index (κ1) is 23.0. The Morgan fingerprint density at radius 1 is 0.903 bits per heavy atom. The Kier molecular flexibility index (Phi) is 5.16. The summed E-state index contributed by atoms with van der Waals surface area (Å²) >= 11 is 0. The molecule has 170 valence electrons. The van der Waals surface area contributed by atoms with E-state index in [2.05, 4.69) is 116 Å². The predicted octanol–water partition coefficient (Wildman–Crippen LogP) is 8.05. The Balaban J connectivity index is 1.81. The molecule has 0 radical (unpaired) electrons. The first-order valence-electron chi connectivity index (χ1n) is 12.4. The molecule has 2 heteroatoms. The Morgan fingerprint density at radius 3 is 2.06 bits per heavy atom. The lowest BCUT2D eigenvalue weighted by Gasteiger charge is -2.57. The highest BCUT2D eigenvalue weighted by atomic mass is 28.3. The van der Waals surface area contributed by atoms with Crippen molar-refractivity contribution in [2.24, 2.45) is 17.8 Å². The molecule has 31 heavy (non-hydrogen) atoms. The van der Waals surface area contributed by atoms with Crippen molar-refractivity contribution in [3.05, 3.63) is 53.1 Å². The summed E-state index contributed by atoms with van der Waals surface area (Å²) in [6, 6.07) is 9.15. The van der Waals surface area contributed by atoms with Crippen molar-refractivity contribution in [1.29, 1.82) is 0 Å². The Morgan fingerprint density at radius 2 is 1.48 bits per heavy atom. The normalized spacial score (nSPS) is 29.9. The van der Waals surface area contributed by atoms with Crippen molar-refractivity contribution >= 4 is 13.8 Å². The number of benzene rings is 1. The third-order valence-corrected chi connectivity index (χ3v) is 13.5. The van der Waals surface area contributed by atoms with Gasteiger partial charge in [0.2, 0.25) is 0 Å². The van der Waals surface area contributed by atoms with Gasteiger partial charge in [-0.05, 0) is 93.5 Å². The second-order valence-electron chi connectivity index (χ2n) is 13.6. The fourth-order valence-corrected chi connectivity index (χ4v) is 14.3. The molecule has 0 spiro atoms. The number of hydrogen-bond acceptors (Lipinski definition) is 1. The number of allylic oxidation sites excluding steroid dienone is 4. The lowest BCUT2D eigenvalue weighted by molar-refractivity contribution is 0.122. The highest BCUT2D eigenvalue weighted by Crippen LogP contribution is 2.60. The van der Waals surface area contributed by atoms with Gasteiger partial charge in [-0.15, -0.1) is 0 Å². The third-order valence-electron chi connectivity index (χ3n) is 8.59. The molecule has 1 saturated carbocycles. The molecule has 0 heterocycles. The molecule has 1 aromatic carbocycles. The van der Waals surface area contributed by atoms with Crippen molar-refractivity contribution in [1.82, 2.24) is 4.57 Å². The van der Waals surface area contributed by atoms with E-state index in [0.29, 0.717) is 11.8 Å². The standard InChI is InChI=1S/C29H45NSi/c1-19-16-26(31(10,11)30(27(2,3)4)28(5,6)7)23-17-22-20-14-12-13-15-24(20)29(8,9)25(22)18-21(19)23/h12-15,17-19,21,23,26H,16H2,1-11H3. The van der Waals surface area contributed by atoms with E-state index in [1.165, 1.54) is 17.5 Å². The van der Waals surface area contributed by atoms with Gasteiger partial charge in [-0.1, -0.05) is 70.3 Å². The first-order chi connectivity index (χ1) is 14.1. The van der Waals surface area contributed by atoms with E-state index in [0.717, 1.165) is 11.5 Å². The lowest BCUT2D eigenvalue weighted by atomic mass is 9.75. The van der Waals surface area contributed by atoms with Gasteiger partial charge in [0.15, 0.2) is 0 Å². The van der Waals surface area contributed by atoms with Crippen molar-refractivity contribution in [2.75, 3.05) is 0 Å². The summed E-state index contributed by atoms with van der Waals surface area (Å²) in [6.07, 6.45) is 6.82. The Bertz CT molecular complexity index is 920. The highest BCUT2D eigenvalue weighted by molar-refractivity contribution is 6.76. The predicted molar refractivity (Wildman–Crippen MR) is 139 cm³/mol. The van der Waals surface area contributed by atoms with E-state index in [1.807, 2.05) is 0 Å². The van der Waals surface area contributed by atoms with Crippen LogP contribution in [0.5, 0.6) is 0 Å². The van der Waals surface area contributed by atoms with E-state index in [4.69, 9.17) is 0 Å². The quantitative estimate of drug-likeness (QED) is 0.425. The summed E-state index contributed by atoms with van der Waals surface area (Å²) in [5.74, 6) is 2.11. The van der Waals surface area contributed by atoms with Crippen molar-refractivity contribution in [3.8, 4) is 0 Å². The van der Waals surface area contributed by atoms with Gasteiger partial charge in [0.25, 0.3) is 0 Å². The first-order valence-corrected chi connectivity index (χ1v) is 15.4. The average molecular weight is 436 g/mol. The minimum Gasteiger partial charge on any atom is -0.314 e. The molecule has 1 nitrogen and oxygen atoms in total. The maximum absolute atomic E-state index is 2.94. The molecule has 4 unspecified atom stereocenters. The second kappa shape index (κ2) is 6.94. The molecule has 1 fully saturated rings. The Hall–Kier alpha value is -1.12. The summed E-state index contributed by atoms with van der Waals surface area (Å²) in [6.45, 7) is 27.3. The van der Waals surface area contributed by atoms with Crippen LogP contribution in [-0.2, 0) is 5.41 Å². The lowest BCUT2D eigenvalue weighted by Crippen LogP contribution is -2.67. The van der Waals surface area contributed by atoms with Crippen molar-refractivity contribution in [3.63, 3.8) is 0 Å². The largest absolute Gasteiger partial charge is 0.314 e. The monoisotopic (exact) mass is 435 g/mol. The zero-order valence-electron chi connectivity index (χ0n) is 21.9. The van der Waals surface area contributed by atoms with Gasteiger partial charge in [-0.3, -0.25) is 0 Å². The molecule has 3 aliphatic rings. The molecule has 1 aromatic rings. The van der Waals surface area contributed by atoms with Crippen LogP contribution in [0, 0.1) is 17.8 Å². The summed E-state index contributed by atoms with van der Waals surface area (Å²) in [5, 5.41) is 0. The minimum absolute atomic E-state index is 0.126. The second-order valence-corrected chi connectivity index (χ2v) is 18.1. The van der Waals surface area contributed by atoms with Crippen LogP contribution in [0.2, 0.25) is 18.6 Å². The molecule has 0 amide bonds. The molecule has 0 bridgehead atoms. The van der Waals surface area contributed by atoms with Crippen LogP contribution in [0.4, 0.5) is 0 Å². The van der Waals surface area contributed by atoms with Crippen molar-refractivity contribution in [2.45, 2.75) is 104 Å². The van der Waals surface area contributed by atoms with Gasteiger partial charge < -0.3 is 4.57 Å². The van der Waals surface area contributed by atoms with E-state index in [-0.39, 0.29) is 16.5 Å². The van der Waals surface area contributed by atoms with Crippen molar-refractivity contribution < 1.29 is 0 Å². The van der Waals surface area contributed by atoms with E-state index in [9.17, 15) is 0 Å². The summed E-state index contributed by atoms with van der Waals surface area (Å²) < 4.78 is 2.94. The van der Waals surface area contributed by atoms with Gasteiger partial charge in [-0.2, -0.15) is 0 Å². The molecule has 0 aromatic heterocycles. The molecule has 4 rings (SSSR count). The molecule has 0 N–H and O–H groups in total. The van der Waals surface area contributed by atoms with Crippen LogP contribution in [-0.4, -0.2) is 23.9 Å². The van der Waals surface area contributed by atoms with Gasteiger partial charge in [0.05, 0.1) is 0 Å². The van der Waals surface area contributed by atoms with Gasteiger partial charge >= 0.3 is 0 Å². The zero-order chi connectivity index (χ0) is 23.1. The topological polar surface area (TPSA) is 3.24 Å². The van der Waals surface area contributed by atoms with Crippen LogP contribution in [0.3, 0.4) is 0 Å². The maximum atomic E-state index is 2.94. The van der Waals surface area contributed by atoms with E-state index < -0.39 is 8.24 Å². The van der Waals surface area contributed by atoms with E-state index in [1.54, 1.807) is 11.1 Å². The summed E-state index contributed by atoms with van der Waals surface area (Å²) in [7, 11) is -1.73. The number of fused-ring (bicyclic) bond motifs is 4. The zero-order valence-corrected chi connectivity index (χ0v) is 22.9. The fourth-order valence-electron chi connectivity index (χ4n) is 8.28. The molecular weight excluding hydrogens is 390 g/mol. The minimum atomic E-state index is -1.73. The smallest absolute Gasteiger partial charge is 0.126 e. The van der Waals surface area contributed by atoms with Gasteiger partial charge in [0, 0.05) is 16.5 Å². The molecular formula is C29H45NSi. The SMILES string of the molecule is CC1CC([Si](C)(C)N(C(C)(C)C)C(C)(C)C)C2C=C3C(=CC12)C(C)(C)c1ccccc13. The fraction of sp³-hybridized carbons (Fsp3) is 0.655. The van der Waals surface area contributed by atoms with Gasteiger partial charge in [-0.25, -0.2) is 0 Å². The maximum Gasteiger partial charge on any atom is 0.126 e. The number of nitrogens with zero attached hydrogens (tertiary/aromatic N) is 1. The Labute approximate surface area is 193 Å². The van der Waals surface area contributed by atoms with Crippen LogP contribution < -0.4 is 0 Å².